The molecule has 1 amide bonds. The van der Waals surface area contributed by atoms with E-state index in [1.807, 2.05) is 18.2 Å². The molecule has 0 radical (unpaired) electrons. The Morgan fingerprint density at radius 2 is 2.00 bits per heavy atom. The number of nitrogens with two attached hydrogens (primary N) is 1. The minimum atomic E-state index is -0.162. The van der Waals surface area contributed by atoms with E-state index in [-0.39, 0.29) is 5.91 Å². The standard InChI is InChI=1S/C16H20N6O/c17-16(21-9-6-14-5-1-2-8-19-14)22-11-10-20-15(23)13-4-3-7-18-12-13/h1-5,7-8,12H,6,9-11H2,(H,20,23)(H3,17,21,22). The van der Waals surface area contributed by atoms with Crippen LogP contribution in [0.4, 0.5) is 0 Å². The quantitative estimate of drug-likeness (QED) is 0.389. The van der Waals surface area contributed by atoms with Crippen LogP contribution < -0.4 is 16.4 Å². The van der Waals surface area contributed by atoms with Crippen LogP contribution >= 0.6 is 0 Å². The zero-order valence-corrected chi connectivity index (χ0v) is 12.8. The number of hydrogen-bond acceptors (Lipinski definition) is 4. The van der Waals surface area contributed by atoms with E-state index >= 15 is 0 Å². The summed E-state index contributed by atoms with van der Waals surface area (Å²) in [6.07, 6.45) is 5.64. The monoisotopic (exact) mass is 312 g/mol. The maximum atomic E-state index is 11.8. The van der Waals surface area contributed by atoms with Crippen LogP contribution in [0.2, 0.25) is 0 Å². The van der Waals surface area contributed by atoms with Gasteiger partial charge in [-0.2, -0.15) is 0 Å². The van der Waals surface area contributed by atoms with Crippen molar-refractivity contribution in [2.24, 2.45) is 10.7 Å². The molecule has 0 aliphatic heterocycles. The molecule has 2 heterocycles. The van der Waals surface area contributed by atoms with Crippen LogP contribution in [0.1, 0.15) is 16.1 Å². The summed E-state index contributed by atoms with van der Waals surface area (Å²) in [7, 11) is 0. The van der Waals surface area contributed by atoms with Gasteiger partial charge >= 0.3 is 0 Å². The highest BCUT2D eigenvalue weighted by molar-refractivity contribution is 5.93. The third-order valence-corrected chi connectivity index (χ3v) is 3.02. The molecule has 0 atom stereocenters. The maximum Gasteiger partial charge on any atom is 0.252 e. The second-order valence-corrected chi connectivity index (χ2v) is 4.76. The van der Waals surface area contributed by atoms with Crippen molar-refractivity contribution in [2.75, 3.05) is 19.6 Å². The van der Waals surface area contributed by atoms with Gasteiger partial charge in [0.15, 0.2) is 5.96 Å². The molecule has 120 valence electrons. The van der Waals surface area contributed by atoms with Crippen molar-refractivity contribution in [1.82, 2.24) is 20.6 Å². The minimum absolute atomic E-state index is 0.162. The molecule has 2 aromatic heterocycles. The summed E-state index contributed by atoms with van der Waals surface area (Å²) in [5.41, 5.74) is 7.27. The maximum absolute atomic E-state index is 11.8. The van der Waals surface area contributed by atoms with E-state index in [0.29, 0.717) is 31.2 Å². The average molecular weight is 312 g/mol. The zero-order chi connectivity index (χ0) is 16.3. The molecule has 23 heavy (non-hydrogen) atoms. The molecular formula is C16H20N6O. The predicted molar refractivity (Wildman–Crippen MR) is 89.0 cm³/mol. The Bertz CT molecular complexity index is 630. The highest BCUT2D eigenvalue weighted by Crippen LogP contribution is 1.95. The molecule has 0 saturated heterocycles. The Hall–Kier alpha value is -2.96. The van der Waals surface area contributed by atoms with Gasteiger partial charge in [-0.3, -0.25) is 19.8 Å². The molecule has 2 aromatic rings. The second-order valence-electron chi connectivity index (χ2n) is 4.76. The van der Waals surface area contributed by atoms with E-state index in [4.69, 9.17) is 5.73 Å². The van der Waals surface area contributed by atoms with Gasteiger partial charge in [-0.1, -0.05) is 6.07 Å². The minimum Gasteiger partial charge on any atom is -0.370 e. The first-order valence-electron chi connectivity index (χ1n) is 7.37. The molecule has 0 unspecified atom stereocenters. The summed E-state index contributed by atoms with van der Waals surface area (Å²) in [6, 6.07) is 9.21. The topological polar surface area (TPSA) is 105 Å². The molecule has 0 aliphatic carbocycles. The van der Waals surface area contributed by atoms with Crippen LogP contribution in [0.25, 0.3) is 0 Å². The van der Waals surface area contributed by atoms with Crippen LogP contribution in [0.3, 0.4) is 0 Å². The van der Waals surface area contributed by atoms with Crippen molar-refractivity contribution in [1.29, 1.82) is 0 Å². The highest BCUT2D eigenvalue weighted by Gasteiger charge is 2.03. The van der Waals surface area contributed by atoms with Crippen LogP contribution in [-0.4, -0.2) is 41.5 Å². The van der Waals surface area contributed by atoms with Gasteiger partial charge in [0.1, 0.15) is 0 Å². The van der Waals surface area contributed by atoms with E-state index in [9.17, 15) is 4.79 Å². The normalized spacial score (nSPS) is 11.0. The highest BCUT2D eigenvalue weighted by atomic mass is 16.1. The number of carbonyl (C=O) groups excluding carboxylic acids is 1. The van der Waals surface area contributed by atoms with Crippen molar-refractivity contribution >= 4 is 11.9 Å². The van der Waals surface area contributed by atoms with E-state index in [1.54, 1.807) is 24.5 Å². The van der Waals surface area contributed by atoms with Crippen molar-refractivity contribution in [2.45, 2.75) is 6.42 Å². The van der Waals surface area contributed by atoms with Gasteiger partial charge in [0, 0.05) is 50.3 Å². The van der Waals surface area contributed by atoms with Gasteiger partial charge in [0.05, 0.1) is 5.56 Å². The number of nitrogens with zero attached hydrogens (tertiary/aromatic N) is 3. The first-order chi connectivity index (χ1) is 11.3. The van der Waals surface area contributed by atoms with Gasteiger partial charge in [-0.25, -0.2) is 0 Å². The number of rotatable bonds is 7. The number of carbonyl (C=O) groups is 1. The Balaban J connectivity index is 1.62. The molecule has 7 nitrogen and oxygen atoms in total. The fourth-order valence-electron chi connectivity index (χ4n) is 1.86. The lowest BCUT2D eigenvalue weighted by molar-refractivity contribution is 0.0954. The van der Waals surface area contributed by atoms with E-state index < -0.39 is 0 Å². The summed E-state index contributed by atoms with van der Waals surface area (Å²) in [5, 5.41) is 5.73. The Kier molecular flexibility index (Phi) is 6.52. The second kappa shape index (κ2) is 9.14. The van der Waals surface area contributed by atoms with Gasteiger partial charge in [-0.05, 0) is 24.3 Å². The number of nitrogens with one attached hydrogen (secondary N) is 2. The molecule has 7 heteroatoms. The fourth-order valence-corrected chi connectivity index (χ4v) is 1.86. The van der Waals surface area contributed by atoms with Crippen LogP contribution in [0.15, 0.2) is 53.9 Å². The largest absolute Gasteiger partial charge is 0.370 e. The molecule has 2 rings (SSSR count). The number of guanidine groups is 1. The van der Waals surface area contributed by atoms with Gasteiger partial charge in [0.25, 0.3) is 5.91 Å². The Labute approximate surface area is 135 Å². The Morgan fingerprint density at radius 3 is 2.74 bits per heavy atom. The molecule has 0 spiro atoms. The van der Waals surface area contributed by atoms with E-state index in [1.165, 1.54) is 6.20 Å². The van der Waals surface area contributed by atoms with Crippen LogP contribution in [0.5, 0.6) is 0 Å². The van der Waals surface area contributed by atoms with Gasteiger partial charge in [0.2, 0.25) is 0 Å². The molecule has 0 aliphatic rings. The van der Waals surface area contributed by atoms with Crippen molar-refractivity contribution in [3.63, 3.8) is 0 Å². The fraction of sp³-hybridized carbons (Fsp3) is 0.250. The third kappa shape index (κ3) is 6.13. The Morgan fingerprint density at radius 1 is 1.13 bits per heavy atom. The number of amides is 1. The number of hydrogen-bond donors (Lipinski definition) is 3. The SMILES string of the molecule is NC(=NCCc1ccccn1)NCCNC(=O)c1cccnc1. The van der Waals surface area contributed by atoms with Crippen LogP contribution in [0, 0.1) is 0 Å². The van der Waals surface area contributed by atoms with Crippen LogP contribution in [-0.2, 0) is 6.42 Å². The van der Waals surface area contributed by atoms with Crippen molar-refractivity contribution < 1.29 is 4.79 Å². The summed E-state index contributed by atoms with van der Waals surface area (Å²) >= 11 is 0. The third-order valence-electron chi connectivity index (χ3n) is 3.02. The van der Waals surface area contributed by atoms with Gasteiger partial charge in [-0.15, -0.1) is 0 Å². The van der Waals surface area contributed by atoms with E-state index in [2.05, 4.69) is 25.6 Å². The average Bonchev–Trinajstić information content (AvgIpc) is 2.60. The first-order valence-corrected chi connectivity index (χ1v) is 7.37. The smallest absolute Gasteiger partial charge is 0.252 e. The lowest BCUT2D eigenvalue weighted by atomic mass is 10.3. The van der Waals surface area contributed by atoms with Crippen molar-refractivity contribution in [3.05, 3.63) is 60.2 Å². The summed E-state index contributed by atoms with van der Waals surface area (Å²) in [4.78, 5) is 24.1. The zero-order valence-electron chi connectivity index (χ0n) is 12.8. The molecule has 0 saturated carbocycles. The summed E-state index contributed by atoms with van der Waals surface area (Å²) < 4.78 is 0. The van der Waals surface area contributed by atoms with Gasteiger partial charge < -0.3 is 16.4 Å². The predicted octanol–water partition coefficient (Wildman–Crippen LogP) is 0.353. The summed E-state index contributed by atoms with van der Waals surface area (Å²) in [6.45, 7) is 1.52. The molecule has 0 aromatic carbocycles. The molecule has 4 N–H and O–H groups in total. The molecule has 0 fully saturated rings. The van der Waals surface area contributed by atoms with E-state index in [0.717, 1.165) is 12.1 Å². The summed E-state index contributed by atoms with van der Waals surface area (Å²) in [5.74, 6) is 0.196. The lowest BCUT2D eigenvalue weighted by Crippen LogP contribution is -2.38. The molecule has 0 bridgehead atoms. The number of pyridine rings is 2. The van der Waals surface area contributed by atoms with Crippen molar-refractivity contribution in [3.8, 4) is 0 Å². The number of aromatic nitrogens is 2. The molecular weight excluding hydrogens is 292 g/mol. The lowest BCUT2D eigenvalue weighted by Gasteiger charge is -2.07. The number of aliphatic imine (C=N–C) groups is 1. The first kappa shape index (κ1) is 16.4.